The van der Waals surface area contributed by atoms with E-state index >= 15 is 0 Å². The van der Waals surface area contributed by atoms with Crippen LogP contribution in [0.2, 0.25) is 0 Å². The highest BCUT2D eigenvalue weighted by Crippen LogP contribution is 2.26. The molecule has 0 saturated carbocycles. The maximum Gasteiger partial charge on any atom is 0.172 e. The van der Waals surface area contributed by atoms with Crippen LogP contribution in [0, 0.1) is 0 Å². The molecule has 27 heavy (non-hydrogen) atoms. The Balaban J connectivity index is 1.49. The summed E-state index contributed by atoms with van der Waals surface area (Å²) in [7, 11) is 0. The molecule has 0 spiro atoms. The lowest BCUT2D eigenvalue weighted by Gasteiger charge is -2.21. The second-order valence-corrected chi connectivity index (χ2v) is 6.49. The molecule has 0 radical (unpaired) electrons. The van der Waals surface area contributed by atoms with Crippen molar-refractivity contribution in [3.8, 4) is 17.0 Å². The van der Waals surface area contributed by atoms with Gasteiger partial charge in [0.2, 0.25) is 0 Å². The van der Waals surface area contributed by atoms with Crippen molar-refractivity contribution in [3.05, 3.63) is 65.9 Å². The number of hydrogen-bond donors (Lipinski definition) is 0. The lowest BCUT2D eigenvalue weighted by Crippen LogP contribution is -2.20. The fourth-order valence-electron chi connectivity index (χ4n) is 3.10. The van der Waals surface area contributed by atoms with Crippen molar-refractivity contribution in [1.29, 1.82) is 0 Å². The summed E-state index contributed by atoms with van der Waals surface area (Å²) >= 11 is 0. The highest BCUT2D eigenvalue weighted by atomic mass is 16.5. The highest BCUT2D eigenvalue weighted by molar-refractivity contribution is 5.82. The highest BCUT2D eigenvalue weighted by Gasteiger charge is 2.21. The average molecular weight is 363 g/mol. The molecule has 1 saturated heterocycles. The van der Waals surface area contributed by atoms with Crippen molar-refractivity contribution >= 4 is 6.29 Å². The Bertz CT molecular complexity index is 885. The Kier molecular flexibility index (Phi) is 5.25. The molecule has 2 aromatic carbocycles. The molecule has 2 heterocycles. The van der Waals surface area contributed by atoms with Crippen LogP contribution in [0.3, 0.4) is 0 Å². The molecule has 1 unspecified atom stereocenters. The number of hydrogen-bond acceptors (Lipinski definition) is 5. The fraction of sp³-hybridized carbons (Fsp3) is 0.286. The van der Waals surface area contributed by atoms with E-state index in [0.29, 0.717) is 24.6 Å². The van der Waals surface area contributed by atoms with Gasteiger partial charge in [-0.1, -0.05) is 30.3 Å². The molecule has 1 aliphatic rings. The first kappa shape index (κ1) is 17.4. The van der Waals surface area contributed by atoms with Crippen molar-refractivity contribution in [2.45, 2.75) is 32.1 Å². The van der Waals surface area contributed by atoms with Gasteiger partial charge in [0, 0.05) is 12.2 Å². The van der Waals surface area contributed by atoms with Gasteiger partial charge < -0.3 is 9.47 Å². The number of carbonyl (C=O) groups excluding carboxylic acids is 1. The number of nitrogens with zero attached hydrogens (tertiary/aromatic N) is 3. The van der Waals surface area contributed by atoms with Gasteiger partial charge in [-0.3, -0.25) is 4.79 Å². The van der Waals surface area contributed by atoms with E-state index in [1.807, 2.05) is 54.6 Å². The van der Waals surface area contributed by atoms with E-state index in [4.69, 9.17) is 9.47 Å². The molecule has 6 heteroatoms. The zero-order valence-electron chi connectivity index (χ0n) is 15.0. The lowest BCUT2D eigenvalue weighted by atomic mass is 10.1. The zero-order chi connectivity index (χ0) is 18.5. The minimum absolute atomic E-state index is 0.195. The van der Waals surface area contributed by atoms with Gasteiger partial charge in [-0.25, -0.2) is 0 Å². The first-order valence-corrected chi connectivity index (χ1v) is 9.14. The first-order valence-electron chi connectivity index (χ1n) is 9.14. The molecule has 0 N–H and O–H groups in total. The molecular weight excluding hydrogens is 342 g/mol. The first-order chi connectivity index (χ1) is 13.3. The van der Waals surface area contributed by atoms with Gasteiger partial charge in [-0.2, -0.15) is 4.80 Å². The predicted molar refractivity (Wildman–Crippen MR) is 100 cm³/mol. The van der Waals surface area contributed by atoms with Gasteiger partial charge >= 0.3 is 0 Å². The van der Waals surface area contributed by atoms with Crippen LogP contribution in [0.15, 0.2) is 54.6 Å². The van der Waals surface area contributed by atoms with E-state index < -0.39 is 0 Å². The lowest BCUT2D eigenvalue weighted by molar-refractivity contribution is -0.0480. The molecule has 1 fully saturated rings. The maximum atomic E-state index is 11.4. The van der Waals surface area contributed by atoms with E-state index in [9.17, 15) is 4.79 Å². The van der Waals surface area contributed by atoms with E-state index in [2.05, 4.69) is 10.2 Å². The third-order valence-electron chi connectivity index (χ3n) is 4.56. The smallest absolute Gasteiger partial charge is 0.172 e. The molecule has 1 aliphatic heterocycles. The zero-order valence-corrected chi connectivity index (χ0v) is 15.0. The van der Waals surface area contributed by atoms with Crippen molar-refractivity contribution in [1.82, 2.24) is 15.0 Å². The number of carbonyl (C=O) groups is 1. The van der Waals surface area contributed by atoms with E-state index in [1.165, 1.54) is 4.80 Å². The summed E-state index contributed by atoms with van der Waals surface area (Å²) in [5.74, 6) is 0.762. The van der Waals surface area contributed by atoms with Gasteiger partial charge in [0.25, 0.3) is 0 Å². The maximum absolute atomic E-state index is 11.4. The minimum Gasteiger partial charge on any atom is -0.489 e. The Morgan fingerprint density at radius 3 is 2.59 bits per heavy atom. The topological polar surface area (TPSA) is 66.2 Å². The molecule has 0 aliphatic carbocycles. The molecular formula is C21H21N3O3. The number of rotatable bonds is 6. The summed E-state index contributed by atoms with van der Waals surface area (Å²) in [6, 6.07) is 17.5. The Labute approximate surface area is 157 Å². The van der Waals surface area contributed by atoms with E-state index in [0.717, 1.165) is 42.4 Å². The molecule has 138 valence electrons. The summed E-state index contributed by atoms with van der Waals surface area (Å²) in [5.41, 5.74) is 2.82. The van der Waals surface area contributed by atoms with Crippen LogP contribution >= 0.6 is 0 Å². The minimum atomic E-state index is -0.195. The van der Waals surface area contributed by atoms with Gasteiger partial charge in [0.05, 0.1) is 0 Å². The SMILES string of the molecule is O=Cc1nn(C2CCCCO2)nc1-c1ccc(OCc2ccccc2)cc1. The standard InChI is InChI=1S/C21H21N3O3/c25-14-19-21(23-24(22-19)20-8-4-5-13-26-20)17-9-11-18(12-10-17)27-15-16-6-2-1-3-7-16/h1-3,6-7,9-12,14,20H,4-5,8,13,15H2. The number of aromatic nitrogens is 3. The average Bonchev–Trinajstić information content (AvgIpc) is 3.18. The van der Waals surface area contributed by atoms with Crippen LogP contribution in [0.25, 0.3) is 11.3 Å². The number of ether oxygens (including phenoxy) is 2. The molecule has 0 bridgehead atoms. The number of aldehydes is 1. The Morgan fingerprint density at radius 2 is 1.89 bits per heavy atom. The summed E-state index contributed by atoms with van der Waals surface area (Å²) in [6.07, 6.45) is 3.53. The van der Waals surface area contributed by atoms with Crippen LogP contribution in [0.4, 0.5) is 0 Å². The van der Waals surface area contributed by atoms with Gasteiger partial charge in [0.15, 0.2) is 18.2 Å². The van der Waals surface area contributed by atoms with Gasteiger partial charge in [-0.05, 0) is 49.1 Å². The normalized spacial score (nSPS) is 16.8. The van der Waals surface area contributed by atoms with Crippen LogP contribution in [-0.4, -0.2) is 27.9 Å². The molecule has 6 nitrogen and oxygen atoms in total. The fourth-order valence-corrected chi connectivity index (χ4v) is 3.10. The quantitative estimate of drug-likeness (QED) is 0.619. The monoisotopic (exact) mass is 363 g/mol. The predicted octanol–water partition coefficient (Wildman–Crippen LogP) is 4.04. The number of benzene rings is 2. The van der Waals surface area contributed by atoms with Crippen molar-refractivity contribution in [3.63, 3.8) is 0 Å². The molecule has 0 amide bonds. The molecule has 3 aromatic rings. The van der Waals surface area contributed by atoms with Crippen LogP contribution in [0.5, 0.6) is 5.75 Å². The van der Waals surface area contributed by atoms with Crippen LogP contribution < -0.4 is 4.74 Å². The van der Waals surface area contributed by atoms with Crippen molar-refractivity contribution in [2.75, 3.05) is 6.61 Å². The summed E-state index contributed by atoms with van der Waals surface area (Å²) in [4.78, 5) is 13.0. The van der Waals surface area contributed by atoms with Crippen molar-refractivity contribution < 1.29 is 14.3 Å². The van der Waals surface area contributed by atoms with E-state index in [-0.39, 0.29) is 6.23 Å². The van der Waals surface area contributed by atoms with Crippen molar-refractivity contribution in [2.24, 2.45) is 0 Å². The third kappa shape index (κ3) is 4.06. The summed E-state index contributed by atoms with van der Waals surface area (Å²) < 4.78 is 11.5. The summed E-state index contributed by atoms with van der Waals surface area (Å²) in [5, 5.41) is 8.82. The largest absolute Gasteiger partial charge is 0.489 e. The second kappa shape index (κ2) is 8.14. The molecule has 4 rings (SSSR count). The van der Waals surface area contributed by atoms with Crippen LogP contribution in [-0.2, 0) is 11.3 Å². The molecule has 1 atom stereocenters. The van der Waals surface area contributed by atoms with E-state index in [1.54, 1.807) is 0 Å². The Hall–Kier alpha value is -2.99. The third-order valence-corrected chi connectivity index (χ3v) is 4.56. The Morgan fingerprint density at radius 1 is 1.07 bits per heavy atom. The van der Waals surface area contributed by atoms with Gasteiger partial charge in [0.1, 0.15) is 18.1 Å². The van der Waals surface area contributed by atoms with Crippen LogP contribution in [0.1, 0.15) is 41.5 Å². The second-order valence-electron chi connectivity index (χ2n) is 6.49. The summed E-state index contributed by atoms with van der Waals surface area (Å²) in [6.45, 7) is 1.21. The van der Waals surface area contributed by atoms with Gasteiger partial charge in [-0.15, -0.1) is 10.2 Å². The molecule has 1 aromatic heterocycles.